The molecule has 0 aromatic heterocycles. The van der Waals surface area contributed by atoms with E-state index in [2.05, 4.69) is 26.6 Å². The van der Waals surface area contributed by atoms with Gasteiger partial charge in [-0.05, 0) is 31.7 Å². The standard InChI is InChI=1S/C25H37N5O6/c1-15(2)10-19-23(33)28-17(4)25(35)36-14-16(3)26-12-21(31)27-13-22(32)29-20(24(34)30-19)11-18-8-6-5-7-9-18/h5-9,15-17,19-20,26H,10-14H2,1-4H3,(H,27,31)(H,28,33)(H,29,32)(H,30,34)/t16?,17-,19-,20-/m0/s1. The third-order valence-electron chi connectivity index (χ3n) is 5.52. The van der Waals surface area contributed by atoms with E-state index in [0.717, 1.165) is 5.56 Å². The van der Waals surface area contributed by atoms with Gasteiger partial charge >= 0.3 is 5.97 Å². The molecule has 5 N–H and O–H groups in total. The van der Waals surface area contributed by atoms with Crippen molar-refractivity contribution in [1.82, 2.24) is 26.6 Å². The van der Waals surface area contributed by atoms with Gasteiger partial charge in [0.2, 0.25) is 23.6 Å². The largest absolute Gasteiger partial charge is 0.463 e. The minimum atomic E-state index is -0.987. The Labute approximate surface area is 211 Å². The van der Waals surface area contributed by atoms with Crippen molar-refractivity contribution < 1.29 is 28.7 Å². The molecular weight excluding hydrogens is 466 g/mol. The molecule has 2 rings (SSSR count). The second-order valence-electron chi connectivity index (χ2n) is 9.42. The third-order valence-corrected chi connectivity index (χ3v) is 5.52. The van der Waals surface area contributed by atoms with E-state index >= 15 is 0 Å². The third kappa shape index (κ3) is 10.0. The van der Waals surface area contributed by atoms with Gasteiger partial charge in [0.1, 0.15) is 24.7 Å². The van der Waals surface area contributed by atoms with Crippen LogP contribution >= 0.6 is 0 Å². The first-order valence-electron chi connectivity index (χ1n) is 12.2. The zero-order valence-electron chi connectivity index (χ0n) is 21.3. The van der Waals surface area contributed by atoms with E-state index in [1.165, 1.54) is 6.92 Å². The Bertz CT molecular complexity index is 923. The van der Waals surface area contributed by atoms with Gasteiger partial charge in [-0.15, -0.1) is 0 Å². The Morgan fingerprint density at radius 1 is 0.861 bits per heavy atom. The normalized spacial score (nSPS) is 25.5. The average molecular weight is 504 g/mol. The molecule has 0 spiro atoms. The van der Waals surface area contributed by atoms with Gasteiger partial charge in [-0.2, -0.15) is 0 Å². The summed E-state index contributed by atoms with van der Waals surface area (Å²) in [5, 5.41) is 13.4. The number of esters is 1. The molecule has 1 aliphatic rings. The second-order valence-corrected chi connectivity index (χ2v) is 9.42. The molecule has 11 heteroatoms. The fourth-order valence-corrected chi connectivity index (χ4v) is 3.55. The van der Waals surface area contributed by atoms with Gasteiger partial charge in [0.25, 0.3) is 0 Å². The van der Waals surface area contributed by atoms with Crippen molar-refractivity contribution in [3.8, 4) is 0 Å². The molecule has 198 valence electrons. The van der Waals surface area contributed by atoms with Crippen molar-refractivity contribution in [3.63, 3.8) is 0 Å². The van der Waals surface area contributed by atoms with Crippen LogP contribution in [0.3, 0.4) is 0 Å². The van der Waals surface area contributed by atoms with Crippen LogP contribution in [0.15, 0.2) is 30.3 Å². The van der Waals surface area contributed by atoms with Crippen LogP contribution < -0.4 is 26.6 Å². The van der Waals surface area contributed by atoms with Crippen LogP contribution in [-0.2, 0) is 35.1 Å². The van der Waals surface area contributed by atoms with Gasteiger partial charge in [-0.25, -0.2) is 4.79 Å². The summed E-state index contributed by atoms with van der Waals surface area (Å²) < 4.78 is 5.23. The van der Waals surface area contributed by atoms with E-state index < -0.39 is 47.7 Å². The lowest BCUT2D eigenvalue weighted by Crippen LogP contribution is -2.57. The molecule has 0 saturated carbocycles. The number of hydrogen-bond donors (Lipinski definition) is 5. The van der Waals surface area contributed by atoms with Gasteiger partial charge in [0.05, 0.1) is 13.1 Å². The summed E-state index contributed by atoms with van der Waals surface area (Å²) in [6, 6.07) is 5.93. The minimum Gasteiger partial charge on any atom is -0.463 e. The molecule has 4 amide bonds. The fraction of sp³-hybridized carbons (Fsp3) is 0.560. The SMILES string of the molecule is CC(C)C[C@@H]1NC(=O)[C@H](Cc2ccccc2)NC(=O)CNC(=O)CNC(C)COC(=O)[C@H](C)NC1=O. The van der Waals surface area contributed by atoms with E-state index in [4.69, 9.17) is 4.74 Å². The molecule has 1 saturated heterocycles. The highest BCUT2D eigenvalue weighted by atomic mass is 16.5. The summed E-state index contributed by atoms with van der Waals surface area (Å²) in [6.45, 7) is 6.61. The summed E-state index contributed by atoms with van der Waals surface area (Å²) >= 11 is 0. The van der Waals surface area contributed by atoms with Gasteiger partial charge in [-0.1, -0.05) is 44.2 Å². The fourth-order valence-electron chi connectivity index (χ4n) is 3.55. The van der Waals surface area contributed by atoms with Gasteiger partial charge in [0.15, 0.2) is 0 Å². The molecule has 11 nitrogen and oxygen atoms in total. The Kier molecular flexibility index (Phi) is 11.3. The maximum Gasteiger partial charge on any atom is 0.328 e. The van der Waals surface area contributed by atoms with Crippen LogP contribution in [0, 0.1) is 5.92 Å². The average Bonchev–Trinajstić information content (AvgIpc) is 2.83. The number of ether oxygens (including phenoxy) is 1. The number of rotatable bonds is 4. The number of nitrogens with one attached hydrogen (secondary N) is 5. The summed E-state index contributed by atoms with van der Waals surface area (Å²) in [7, 11) is 0. The maximum absolute atomic E-state index is 13.2. The molecule has 0 bridgehead atoms. The molecule has 36 heavy (non-hydrogen) atoms. The first kappa shape index (κ1) is 28.8. The van der Waals surface area contributed by atoms with Gasteiger partial charge in [-0.3, -0.25) is 19.2 Å². The first-order valence-corrected chi connectivity index (χ1v) is 12.2. The molecular formula is C25H37N5O6. The molecule has 1 heterocycles. The zero-order chi connectivity index (χ0) is 26.7. The van der Waals surface area contributed by atoms with E-state index in [1.54, 1.807) is 6.92 Å². The first-order chi connectivity index (χ1) is 17.0. The quantitative estimate of drug-likeness (QED) is 0.344. The van der Waals surface area contributed by atoms with Crippen LogP contribution in [0.4, 0.5) is 0 Å². The minimum absolute atomic E-state index is 0.0138. The molecule has 0 radical (unpaired) electrons. The highest BCUT2D eigenvalue weighted by Gasteiger charge is 2.29. The van der Waals surface area contributed by atoms with Crippen molar-refractivity contribution in [2.45, 2.75) is 64.7 Å². The van der Waals surface area contributed by atoms with E-state index in [0.29, 0.717) is 6.42 Å². The maximum atomic E-state index is 13.2. The summed E-state index contributed by atoms with van der Waals surface area (Å²) in [5.41, 5.74) is 0.809. The van der Waals surface area contributed by atoms with Crippen molar-refractivity contribution >= 4 is 29.6 Å². The molecule has 1 aromatic rings. The number of amides is 4. The molecule has 1 fully saturated rings. The Morgan fingerprint density at radius 3 is 2.19 bits per heavy atom. The van der Waals surface area contributed by atoms with Gasteiger partial charge in [0, 0.05) is 12.5 Å². The number of benzene rings is 1. The second kappa shape index (κ2) is 14.2. The number of cyclic esters (lactones) is 1. The smallest absolute Gasteiger partial charge is 0.328 e. The molecule has 4 atom stereocenters. The topological polar surface area (TPSA) is 155 Å². The lowest BCUT2D eigenvalue weighted by atomic mass is 10.0. The summed E-state index contributed by atoms with van der Waals surface area (Å²) in [5.74, 6) is -2.61. The highest BCUT2D eigenvalue weighted by Crippen LogP contribution is 2.09. The van der Waals surface area contributed by atoms with Crippen molar-refractivity contribution in [2.24, 2.45) is 5.92 Å². The lowest BCUT2D eigenvalue weighted by molar-refractivity contribution is -0.148. The number of hydrogen-bond acceptors (Lipinski definition) is 7. The summed E-state index contributed by atoms with van der Waals surface area (Å²) in [6.07, 6.45) is 0.506. The summed E-state index contributed by atoms with van der Waals surface area (Å²) in [4.78, 5) is 63.3. The number of carbonyl (C=O) groups excluding carboxylic acids is 5. The van der Waals surface area contributed by atoms with E-state index in [-0.39, 0.29) is 38.1 Å². The Balaban J connectivity index is 2.27. The molecule has 1 aliphatic heterocycles. The lowest BCUT2D eigenvalue weighted by Gasteiger charge is -2.26. The van der Waals surface area contributed by atoms with Crippen LogP contribution in [0.2, 0.25) is 0 Å². The van der Waals surface area contributed by atoms with Crippen molar-refractivity contribution in [1.29, 1.82) is 0 Å². The van der Waals surface area contributed by atoms with Crippen LogP contribution in [-0.4, -0.2) is 73.5 Å². The monoisotopic (exact) mass is 503 g/mol. The van der Waals surface area contributed by atoms with Crippen LogP contribution in [0.25, 0.3) is 0 Å². The molecule has 0 aliphatic carbocycles. The van der Waals surface area contributed by atoms with Crippen molar-refractivity contribution in [3.05, 3.63) is 35.9 Å². The predicted molar refractivity (Wildman–Crippen MR) is 133 cm³/mol. The number of carbonyl (C=O) groups is 5. The van der Waals surface area contributed by atoms with Crippen LogP contribution in [0.5, 0.6) is 0 Å². The van der Waals surface area contributed by atoms with E-state index in [9.17, 15) is 24.0 Å². The molecule has 1 unspecified atom stereocenters. The zero-order valence-corrected chi connectivity index (χ0v) is 21.3. The predicted octanol–water partition coefficient (Wildman–Crippen LogP) is -0.599. The highest BCUT2D eigenvalue weighted by molar-refractivity contribution is 5.94. The van der Waals surface area contributed by atoms with E-state index in [1.807, 2.05) is 44.2 Å². The van der Waals surface area contributed by atoms with Crippen LogP contribution in [0.1, 0.15) is 39.7 Å². The van der Waals surface area contributed by atoms with Gasteiger partial charge < -0.3 is 31.3 Å². The Morgan fingerprint density at radius 2 is 1.53 bits per heavy atom. The Hall–Kier alpha value is -3.47. The molecule has 1 aromatic carbocycles. The van der Waals surface area contributed by atoms with Crippen molar-refractivity contribution in [2.75, 3.05) is 19.7 Å².